The second-order valence-corrected chi connectivity index (χ2v) is 5.83. The van der Waals surface area contributed by atoms with Gasteiger partial charge < -0.3 is 15.2 Å². The molecule has 0 aromatic heterocycles. The third-order valence-electron chi connectivity index (χ3n) is 3.97. The zero-order chi connectivity index (χ0) is 13.9. The van der Waals surface area contributed by atoms with E-state index in [2.05, 4.69) is 19.2 Å². The first-order chi connectivity index (χ1) is 9.08. The molecule has 1 atom stereocenters. The number of ether oxygens (including phenoxy) is 1. The predicted molar refractivity (Wildman–Crippen MR) is 77.9 cm³/mol. The minimum Gasteiger partial charge on any atom is -0.493 e. The average molecular weight is 284 g/mol. The molecule has 1 aliphatic heterocycles. The highest BCUT2D eigenvalue weighted by Gasteiger charge is 2.23. The van der Waals surface area contributed by atoms with Crippen molar-refractivity contribution in [1.82, 2.24) is 5.32 Å². The van der Waals surface area contributed by atoms with Crippen LogP contribution in [0.1, 0.15) is 37.8 Å². The molecule has 0 aliphatic carbocycles. The van der Waals surface area contributed by atoms with Crippen LogP contribution in [0.15, 0.2) is 12.1 Å². The van der Waals surface area contributed by atoms with Crippen molar-refractivity contribution < 1.29 is 9.84 Å². The molecule has 1 aromatic carbocycles. The van der Waals surface area contributed by atoms with Crippen LogP contribution in [0.4, 0.5) is 0 Å². The van der Waals surface area contributed by atoms with Gasteiger partial charge in [0.25, 0.3) is 0 Å². The zero-order valence-electron chi connectivity index (χ0n) is 11.6. The number of hydrogen-bond acceptors (Lipinski definition) is 3. The molecule has 1 aliphatic rings. The molecular weight excluding hydrogens is 262 g/mol. The van der Waals surface area contributed by atoms with Gasteiger partial charge in [-0.25, -0.2) is 0 Å². The second-order valence-electron chi connectivity index (χ2n) is 5.39. The Morgan fingerprint density at radius 2 is 2.26 bits per heavy atom. The van der Waals surface area contributed by atoms with Crippen LogP contribution in [0.5, 0.6) is 5.75 Å². The molecule has 0 radical (unpaired) electrons. The number of benzene rings is 1. The molecular formula is C15H22ClNO2. The van der Waals surface area contributed by atoms with Crippen molar-refractivity contribution in [3.63, 3.8) is 0 Å². The van der Waals surface area contributed by atoms with Gasteiger partial charge in [-0.15, -0.1) is 0 Å². The molecule has 19 heavy (non-hydrogen) atoms. The fourth-order valence-electron chi connectivity index (χ4n) is 2.42. The molecule has 2 rings (SSSR count). The Kier molecular flexibility index (Phi) is 4.71. The molecule has 0 saturated carbocycles. The average Bonchev–Trinajstić information content (AvgIpc) is 2.84. The van der Waals surface area contributed by atoms with Crippen molar-refractivity contribution in [1.29, 1.82) is 0 Å². The summed E-state index contributed by atoms with van der Waals surface area (Å²) in [6, 6.07) is 3.95. The molecule has 0 saturated heterocycles. The summed E-state index contributed by atoms with van der Waals surface area (Å²) in [6.45, 7) is 5.91. The van der Waals surface area contributed by atoms with E-state index in [0.717, 1.165) is 42.2 Å². The summed E-state index contributed by atoms with van der Waals surface area (Å²) >= 11 is 6.15. The van der Waals surface area contributed by atoms with Crippen molar-refractivity contribution in [3.05, 3.63) is 28.3 Å². The minimum absolute atomic E-state index is 0.0530. The van der Waals surface area contributed by atoms with Crippen LogP contribution >= 0.6 is 11.6 Å². The molecule has 0 spiro atoms. The van der Waals surface area contributed by atoms with E-state index in [0.29, 0.717) is 6.54 Å². The van der Waals surface area contributed by atoms with Crippen molar-refractivity contribution in [2.24, 2.45) is 0 Å². The Bertz CT molecular complexity index is 450. The van der Waals surface area contributed by atoms with E-state index in [1.165, 1.54) is 5.56 Å². The van der Waals surface area contributed by atoms with Crippen LogP contribution in [0.25, 0.3) is 0 Å². The molecule has 4 heteroatoms. The van der Waals surface area contributed by atoms with Crippen molar-refractivity contribution in [2.75, 3.05) is 13.2 Å². The summed E-state index contributed by atoms with van der Waals surface area (Å²) in [7, 11) is 0. The lowest BCUT2D eigenvalue weighted by molar-refractivity contribution is 0.214. The topological polar surface area (TPSA) is 41.5 Å². The largest absolute Gasteiger partial charge is 0.493 e. The Hall–Kier alpha value is -0.770. The maximum absolute atomic E-state index is 9.14. The van der Waals surface area contributed by atoms with Gasteiger partial charge in [-0.2, -0.15) is 0 Å². The van der Waals surface area contributed by atoms with Crippen LogP contribution in [0, 0.1) is 0 Å². The van der Waals surface area contributed by atoms with Gasteiger partial charge in [0.15, 0.2) is 0 Å². The van der Waals surface area contributed by atoms with Crippen LogP contribution in [-0.2, 0) is 13.0 Å². The Balaban J connectivity index is 2.11. The van der Waals surface area contributed by atoms with Gasteiger partial charge in [-0.1, -0.05) is 18.5 Å². The Morgan fingerprint density at radius 3 is 2.95 bits per heavy atom. The minimum atomic E-state index is -0.0530. The highest BCUT2D eigenvalue weighted by molar-refractivity contribution is 6.30. The van der Waals surface area contributed by atoms with E-state index in [9.17, 15) is 0 Å². The van der Waals surface area contributed by atoms with Gasteiger partial charge in [-0.3, -0.25) is 0 Å². The quantitative estimate of drug-likeness (QED) is 0.843. The van der Waals surface area contributed by atoms with Crippen LogP contribution in [-0.4, -0.2) is 23.9 Å². The maximum Gasteiger partial charge on any atom is 0.127 e. The van der Waals surface area contributed by atoms with E-state index >= 15 is 0 Å². The summed E-state index contributed by atoms with van der Waals surface area (Å²) in [5.74, 6) is 0.986. The number of aliphatic hydroxyl groups is 1. The SMILES string of the molecule is CCC(C)(CCO)NCc1cc(Cl)cc2c1OCC2. The van der Waals surface area contributed by atoms with Gasteiger partial charge in [0.1, 0.15) is 5.75 Å². The normalized spacial score (nSPS) is 16.8. The molecule has 1 unspecified atom stereocenters. The van der Waals surface area contributed by atoms with Crippen LogP contribution in [0.2, 0.25) is 5.02 Å². The van der Waals surface area contributed by atoms with E-state index in [1.54, 1.807) is 0 Å². The Labute approximate surface area is 119 Å². The van der Waals surface area contributed by atoms with E-state index in [1.807, 2.05) is 12.1 Å². The first-order valence-electron chi connectivity index (χ1n) is 6.88. The van der Waals surface area contributed by atoms with E-state index in [4.69, 9.17) is 21.4 Å². The van der Waals surface area contributed by atoms with Crippen molar-refractivity contribution in [3.8, 4) is 5.75 Å². The molecule has 106 valence electrons. The van der Waals surface area contributed by atoms with E-state index < -0.39 is 0 Å². The summed E-state index contributed by atoms with van der Waals surface area (Å²) in [6.07, 6.45) is 2.65. The lowest BCUT2D eigenvalue weighted by Gasteiger charge is -2.29. The van der Waals surface area contributed by atoms with Gasteiger partial charge in [0, 0.05) is 35.7 Å². The lowest BCUT2D eigenvalue weighted by atomic mass is 9.94. The molecule has 2 N–H and O–H groups in total. The van der Waals surface area contributed by atoms with Crippen molar-refractivity contribution in [2.45, 2.75) is 45.2 Å². The summed E-state index contributed by atoms with van der Waals surface area (Å²) in [5, 5.41) is 13.4. The van der Waals surface area contributed by atoms with Gasteiger partial charge in [0.2, 0.25) is 0 Å². The zero-order valence-corrected chi connectivity index (χ0v) is 12.4. The molecule has 0 fully saturated rings. The maximum atomic E-state index is 9.14. The second kappa shape index (κ2) is 6.12. The predicted octanol–water partition coefficient (Wildman–Crippen LogP) is 2.92. The van der Waals surface area contributed by atoms with Crippen molar-refractivity contribution >= 4 is 11.6 Å². The standard InChI is InChI=1S/C15H22ClNO2/c1-3-15(2,5-6-18)17-10-12-9-13(16)8-11-4-7-19-14(11)12/h8-9,17-18H,3-7,10H2,1-2H3. The third kappa shape index (κ3) is 3.41. The number of fused-ring (bicyclic) bond motifs is 1. The number of hydrogen-bond donors (Lipinski definition) is 2. The number of aliphatic hydroxyl groups excluding tert-OH is 1. The summed E-state index contributed by atoms with van der Waals surface area (Å²) in [4.78, 5) is 0. The van der Waals surface area contributed by atoms with E-state index in [-0.39, 0.29) is 12.1 Å². The summed E-state index contributed by atoms with van der Waals surface area (Å²) < 4.78 is 5.70. The molecule has 0 bridgehead atoms. The molecule has 1 aromatic rings. The van der Waals surface area contributed by atoms with Gasteiger partial charge in [0.05, 0.1) is 6.61 Å². The summed E-state index contributed by atoms with van der Waals surface area (Å²) in [5.41, 5.74) is 2.25. The highest BCUT2D eigenvalue weighted by atomic mass is 35.5. The highest BCUT2D eigenvalue weighted by Crippen LogP contribution is 2.33. The number of rotatable bonds is 6. The van der Waals surface area contributed by atoms with Crippen LogP contribution < -0.4 is 10.1 Å². The molecule has 3 nitrogen and oxygen atoms in total. The first kappa shape index (κ1) is 14.6. The fourth-order valence-corrected chi connectivity index (χ4v) is 2.69. The Morgan fingerprint density at radius 1 is 1.47 bits per heavy atom. The van der Waals surface area contributed by atoms with Gasteiger partial charge in [-0.05, 0) is 37.5 Å². The lowest BCUT2D eigenvalue weighted by Crippen LogP contribution is -2.42. The first-order valence-corrected chi connectivity index (χ1v) is 7.26. The fraction of sp³-hybridized carbons (Fsp3) is 0.600. The molecule has 0 amide bonds. The molecule has 1 heterocycles. The number of halogens is 1. The third-order valence-corrected chi connectivity index (χ3v) is 4.19. The number of nitrogens with one attached hydrogen (secondary N) is 1. The van der Waals surface area contributed by atoms with Gasteiger partial charge >= 0.3 is 0 Å². The van der Waals surface area contributed by atoms with Crippen LogP contribution in [0.3, 0.4) is 0 Å². The smallest absolute Gasteiger partial charge is 0.127 e. The monoisotopic (exact) mass is 283 g/mol.